The molecule has 0 saturated heterocycles. The lowest BCUT2D eigenvalue weighted by molar-refractivity contribution is -0.164. The van der Waals surface area contributed by atoms with Crippen molar-refractivity contribution in [1.29, 1.82) is 0 Å². The van der Waals surface area contributed by atoms with E-state index in [2.05, 4.69) is 4.74 Å². The zero-order valence-corrected chi connectivity index (χ0v) is 9.21. The van der Waals surface area contributed by atoms with Gasteiger partial charge in [0.1, 0.15) is 0 Å². The molecule has 0 fully saturated rings. The minimum atomic E-state index is -1.46. The lowest BCUT2D eigenvalue weighted by Gasteiger charge is -2.31. The first-order chi connectivity index (χ1) is 7.18. The van der Waals surface area contributed by atoms with Crippen LogP contribution in [0.5, 0.6) is 0 Å². The second-order valence-electron chi connectivity index (χ2n) is 3.45. The maximum atomic E-state index is 11.6. The van der Waals surface area contributed by atoms with E-state index in [1.165, 1.54) is 7.11 Å². The van der Waals surface area contributed by atoms with Crippen LogP contribution >= 0.6 is 11.8 Å². The molecule has 1 N–H and O–H groups in total. The fraction of sp³-hybridized carbons (Fsp3) is 0.364. The van der Waals surface area contributed by atoms with Crippen LogP contribution in [0.1, 0.15) is 12.0 Å². The van der Waals surface area contributed by atoms with Gasteiger partial charge in [-0.05, 0) is 6.07 Å². The molecule has 4 heteroatoms. The number of fused-ring (bicyclic) bond motifs is 1. The second kappa shape index (κ2) is 3.87. The van der Waals surface area contributed by atoms with E-state index in [0.717, 1.165) is 10.6 Å². The van der Waals surface area contributed by atoms with Gasteiger partial charge in [0.25, 0.3) is 0 Å². The molecule has 0 saturated carbocycles. The number of hydrogen-bond donors (Lipinski definition) is 1. The molecule has 0 radical (unpaired) electrons. The van der Waals surface area contributed by atoms with Crippen molar-refractivity contribution < 1.29 is 14.6 Å². The molecular weight excluding hydrogens is 212 g/mol. The largest absolute Gasteiger partial charge is 0.467 e. The van der Waals surface area contributed by atoms with Crippen LogP contribution in [0.15, 0.2) is 29.2 Å². The molecule has 0 spiro atoms. The SMILES string of the molecule is COC(=O)C1(O)CCSc2ccccc21. The summed E-state index contributed by atoms with van der Waals surface area (Å²) in [5, 5.41) is 10.3. The van der Waals surface area contributed by atoms with Gasteiger partial charge < -0.3 is 9.84 Å². The molecular formula is C11H12O3S. The lowest BCUT2D eigenvalue weighted by Crippen LogP contribution is -2.39. The van der Waals surface area contributed by atoms with E-state index in [4.69, 9.17) is 0 Å². The van der Waals surface area contributed by atoms with Gasteiger partial charge >= 0.3 is 5.97 Å². The molecule has 0 amide bonds. The van der Waals surface area contributed by atoms with E-state index < -0.39 is 11.6 Å². The molecule has 1 aromatic rings. The number of methoxy groups -OCH3 is 1. The fourth-order valence-electron chi connectivity index (χ4n) is 1.76. The number of thioether (sulfide) groups is 1. The van der Waals surface area contributed by atoms with Crippen molar-refractivity contribution in [1.82, 2.24) is 0 Å². The number of aliphatic hydroxyl groups is 1. The Morgan fingerprint density at radius 3 is 3.00 bits per heavy atom. The van der Waals surface area contributed by atoms with E-state index >= 15 is 0 Å². The monoisotopic (exact) mass is 224 g/mol. The summed E-state index contributed by atoms with van der Waals surface area (Å²) >= 11 is 1.65. The first-order valence-electron chi connectivity index (χ1n) is 4.71. The van der Waals surface area contributed by atoms with Crippen LogP contribution in [-0.2, 0) is 15.1 Å². The Hall–Kier alpha value is -1.00. The van der Waals surface area contributed by atoms with Crippen LogP contribution < -0.4 is 0 Å². The first-order valence-corrected chi connectivity index (χ1v) is 5.70. The number of carbonyl (C=O) groups excluding carboxylic acids is 1. The smallest absolute Gasteiger partial charge is 0.342 e. The summed E-state index contributed by atoms with van der Waals surface area (Å²) in [5.74, 6) is 0.151. The second-order valence-corrected chi connectivity index (χ2v) is 4.58. The highest BCUT2D eigenvalue weighted by atomic mass is 32.2. The Morgan fingerprint density at radius 1 is 1.53 bits per heavy atom. The van der Waals surface area contributed by atoms with Crippen molar-refractivity contribution in [3.8, 4) is 0 Å². The van der Waals surface area contributed by atoms with Crippen molar-refractivity contribution in [3.05, 3.63) is 29.8 Å². The normalized spacial score (nSPS) is 24.4. The van der Waals surface area contributed by atoms with Crippen LogP contribution in [0.2, 0.25) is 0 Å². The molecule has 0 aromatic heterocycles. The zero-order chi connectivity index (χ0) is 10.9. The number of esters is 1. The molecule has 0 aliphatic carbocycles. The predicted octanol–water partition coefficient (Wildman–Crippen LogP) is 1.54. The molecule has 2 rings (SSSR count). The average Bonchev–Trinajstić information content (AvgIpc) is 2.28. The first kappa shape index (κ1) is 10.5. The number of hydrogen-bond acceptors (Lipinski definition) is 4. The maximum Gasteiger partial charge on any atom is 0.342 e. The van der Waals surface area contributed by atoms with Crippen LogP contribution in [-0.4, -0.2) is 23.9 Å². The Morgan fingerprint density at radius 2 is 2.27 bits per heavy atom. The number of rotatable bonds is 1. The summed E-state index contributed by atoms with van der Waals surface area (Å²) in [7, 11) is 1.30. The molecule has 1 aliphatic rings. The summed E-state index contributed by atoms with van der Waals surface area (Å²) in [6.07, 6.45) is 0.404. The van der Waals surface area contributed by atoms with Gasteiger partial charge in [-0.1, -0.05) is 18.2 Å². The Labute approximate surface area is 92.4 Å². The molecule has 15 heavy (non-hydrogen) atoms. The Kier molecular flexibility index (Phi) is 2.71. The third-order valence-corrected chi connectivity index (χ3v) is 3.65. The van der Waals surface area contributed by atoms with Gasteiger partial charge in [0.05, 0.1) is 7.11 Å². The molecule has 1 aromatic carbocycles. The van der Waals surface area contributed by atoms with Gasteiger partial charge in [0.2, 0.25) is 0 Å². The van der Waals surface area contributed by atoms with Crippen LogP contribution in [0.25, 0.3) is 0 Å². The van der Waals surface area contributed by atoms with Gasteiger partial charge in [-0.2, -0.15) is 0 Å². The van der Waals surface area contributed by atoms with Gasteiger partial charge in [-0.15, -0.1) is 11.8 Å². The number of ether oxygens (including phenoxy) is 1. The van der Waals surface area contributed by atoms with E-state index in [-0.39, 0.29) is 0 Å². The van der Waals surface area contributed by atoms with Gasteiger partial charge in [-0.25, -0.2) is 4.79 Å². The van der Waals surface area contributed by atoms with Gasteiger partial charge in [0, 0.05) is 22.6 Å². The molecule has 3 nitrogen and oxygen atoms in total. The topological polar surface area (TPSA) is 46.5 Å². The van der Waals surface area contributed by atoms with Crippen LogP contribution in [0, 0.1) is 0 Å². The maximum absolute atomic E-state index is 11.6. The van der Waals surface area contributed by atoms with Crippen LogP contribution in [0.4, 0.5) is 0 Å². The van der Waals surface area contributed by atoms with Crippen LogP contribution in [0.3, 0.4) is 0 Å². The predicted molar refractivity (Wildman–Crippen MR) is 57.7 cm³/mol. The highest BCUT2D eigenvalue weighted by Gasteiger charge is 2.42. The summed E-state index contributed by atoms with van der Waals surface area (Å²) in [4.78, 5) is 12.5. The highest BCUT2D eigenvalue weighted by molar-refractivity contribution is 7.99. The van der Waals surface area contributed by atoms with E-state index in [0.29, 0.717) is 12.0 Å². The Balaban J connectivity index is 2.49. The number of carbonyl (C=O) groups is 1. The summed E-state index contributed by atoms with van der Waals surface area (Å²) < 4.78 is 4.65. The van der Waals surface area contributed by atoms with Gasteiger partial charge in [-0.3, -0.25) is 0 Å². The third kappa shape index (κ3) is 1.64. The number of benzene rings is 1. The third-order valence-electron chi connectivity index (χ3n) is 2.58. The molecule has 80 valence electrons. The zero-order valence-electron chi connectivity index (χ0n) is 8.40. The standard InChI is InChI=1S/C11H12O3S/c1-14-10(12)11(13)6-7-15-9-5-3-2-4-8(9)11/h2-5,13H,6-7H2,1H3. The molecule has 1 heterocycles. The molecule has 1 atom stereocenters. The lowest BCUT2D eigenvalue weighted by atomic mass is 9.90. The van der Waals surface area contributed by atoms with Crippen molar-refractivity contribution in [2.45, 2.75) is 16.9 Å². The average molecular weight is 224 g/mol. The summed E-state index contributed by atoms with van der Waals surface area (Å²) in [6.45, 7) is 0. The van der Waals surface area contributed by atoms with Crippen molar-refractivity contribution in [2.75, 3.05) is 12.9 Å². The minimum Gasteiger partial charge on any atom is -0.467 e. The van der Waals surface area contributed by atoms with Crippen molar-refractivity contribution >= 4 is 17.7 Å². The van der Waals surface area contributed by atoms with E-state index in [1.807, 2.05) is 18.2 Å². The van der Waals surface area contributed by atoms with Crippen molar-refractivity contribution in [2.24, 2.45) is 0 Å². The molecule has 1 unspecified atom stereocenters. The van der Waals surface area contributed by atoms with Crippen molar-refractivity contribution in [3.63, 3.8) is 0 Å². The molecule has 1 aliphatic heterocycles. The minimum absolute atomic E-state index is 0.404. The van der Waals surface area contributed by atoms with E-state index in [9.17, 15) is 9.90 Å². The Bertz CT molecular complexity index is 391. The van der Waals surface area contributed by atoms with E-state index in [1.54, 1.807) is 17.8 Å². The highest BCUT2D eigenvalue weighted by Crippen LogP contribution is 2.40. The summed E-state index contributed by atoms with van der Waals surface area (Å²) in [5.41, 5.74) is -0.801. The molecule has 0 bridgehead atoms. The van der Waals surface area contributed by atoms with Gasteiger partial charge in [0.15, 0.2) is 5.60 Å². The summed E-state index contributed by atoms with van der Waals surface area (Å²) in [6, 6.07) is 7.40. The quantitative estimate of drug-likeness (QED) is 0.735. The fourth-order valence-corrected chi connectivity index (χ4v) is 2.94.